The minimum absolute atomic E-state index is 0.0441. The molecule has 23 heavy (non-hydrogen) atoms. The number of rotatable bonds is 4. The topological polar surface area (TPSA) is 61.4 Å². The largest absolute Gasteiger partial charge is 0.374 e. The first-order chi connectivity index (χ1) is 11.1. The van der Waals surface area contributed by atoms with Gasteiger partial charge in [-0.2, -0.15) is 0 Å². The average molecular weight is 313 g/mol. The zero-order valence-electron chi connectivity index (χ0n) is 12.4. The van der Waals surface area contributed by atoms with E-state index in [1.54, 1.807) is 0 Å². The van der Waals surface area contributed by atoms with E-state index < -0.39 is 0 Å². The standard InChI is InChI=1S/C17H16FN3O2/c18-13-6-7-15-14(8-13)19-10-17(23)21(15)11-16(22)20-9-12-4-2-1-3-5-12/h1-8,19H,9-11H2,(H,20,22). The van der Waals surface area contributed by atoms with Crippen molar-refractivity contribution in [3.05, 3.63) is 59.9 Å². The van der Waals surface area contributed by atoms with Crippen LogP contribution in [0, 0.1) is 5.82 Å². The van der Waals surface area contributed by atoms with E-state index in [0.717, 1.165) is 5.56 Å². The van der Waals surface area contributed by atoms with E-state index >= 15 is 0 Å². The second-order valence-corrected chi connectivity index (χ2v) is 5.26. The number of fused-ring (bicyclic) bond motifs is 1. The third kappa shape index (κ3) is 3.48. The highest BCUT2D eigenvalue weighted by molar-refractivity contribution is 6.05. The highest BCUT2D eigenvalue weighted by atomic mass is 19.1. The number of amides is 2. The summed E-state index contributed by atoms with van der Waals surface area (Å²) in [5.41, 5.74) is 2.01. The van der Waals surface area contributed by atoms with Crippen LogP contribution in [-0.2, 0) is 16.1 Å². The molecule has 0 fully saturated rings. The molecule has 2 N–H and O–H groups in total. The fourth-order valence-corrected chi connectivity index (χ4v) is 2.46. The molecular formula is C17H16FN3O2. The number of benzene rings is 2. The Morgan fingerprint density at radius 2 is 2.00 bits per heavy atom. The smallest absolute Gasteiger partial charge is 0.246 e. The lowest BCUT2D eigenvalue weighted by Gasteiger charge is -2.29. The summed E-state index contributed by atoms with van der Waals surface area (Å²) in [4.78, 5) is 25.5. The predicted molar refractivity (Wildman–Crippen MR) is 85.5 cm³/mol. The van der Waals surface area contributed by atoms with Crippen molar-refractivity contribution in [1.29, 1.82) is 0 Å². The molecule has 1 aliphatic rings. The van der Waals surface area contributed by atoms with Crippen molar-refractivity contribution in [3.63, 3.8) is 0 Å². The molecule has 5 nitrogen and oxygen atoms in total. The lowest BCUT2D eigenvalue weighted by molar-refractivity contribution is -0.123. The summed E-state index contributed by atoms with van der Waals surface area (Å²) in [5.74, 6) is -0.877. The van der Waals surface area contributed by atoms with E-state index in [2.05, 4.69) is 10.6 Å². The summed E-state index contributed by atoms with van der Waals surface area (Å²) < 4.78 is 13.3. The van der Waals surface area contributed by atoms with E-state index in [0.29, 0.717) is 17.9 Å². The Bertz CT molecular complexity index is 734. The molecule has 0 bridgehead atoms. The van der Waals surface area contributed by atoms with E-state index in [1.807, 2.05) is 30.3 Å². The summed E-state index contributed by atoms with van der Waals surface area (Å²) in [6, 6.07) is 13.6. The van der Waals surface area contributed by atoms with Crippen LogP contribution in [0.25, 0.3) is 0 Å². The van der Waals surface area contributed by atoms with Gasteiger partial charge < -0.3 is 10.6 Å². The molecule has 2 aromatic rings. The normalized spacial score (nSPS) is 13.3. The molecule has 0 spiro atoms. The van der Waals surface area contributed by atoms with Gasteiger partial charge in [0, 0.05) is 6.54 Å². The molecular weight excluding hydrogens is 297 g/mol. The zero-order valence-corrected chi connectivity index (χ0v) is 12.4. The maximum absolute atomic E-state index is 13.3. The molecule has 118 valence electrons. The molecule has 0 aliphatic carbocycles. The second-order valence-electron chi connectivity index (χ2n) is 5.26. The average Bonchev–Trinajstić information content (AvgIpc) is 2.56. The van der Waals surface area contributed by atoms with Crippen LogP contribution in [0.5, 0.6) is 0 Å². The van der Waals surface area contributed by atoms with Crippen molar-refractivity contribution in [2.24, 2.45) is 0 Å². The number of hydrogen-bond acceptors (Lipinski definition) is 3. The van der Waals surface area contributed by atoms with E-state index in [-0.39, 0.29) is 30.7 Å². The molecule has 3 rings (SSSR count). The Hall–Kier alpha value is -2.89. The van der Waals surface area contributed by atoms with Crippen LogP contribution in [0.3, 0.4) is 0 Å². The lowest BCUT2D eigenvalue weighted by atomic mass is 10.2. The van der Waals surface area contributed by atoms with Crippen molar-refractivity contribution in [2.75, 3.05) is 23.3 Å². The second kappa shape index (κ2) is 6.48. The third-order valence-corrected chi connectivity index (χ3v) is 3.61. The van der Waals surface area contributed by atoms with Crippen LogP contribution in [0.4, 0.5) is 15.8 Å². The van der Waals surface area contributed by atoms with Gasteiger partial charge in [0.1, 0.15) is 12.4 Å². The number of halogens is 1. The monoisotopic (exact) mass is 313 g/mol. The van der Waals surface area contributed by atoms with Gasteiger partial charge in [0.05, 0.1) is 17.9 Å². The Balaban J connectivity index is 1.67. The molecule has 0 saturated heterocycles. The summed E-state index contributed by atoms with van der Waals surface area (Å²) in [6.07, 6.45) is 0. The van der Waals surface area contributed by atoms with Gasteiger partial charge in [-0.1, -0.05) is 30.3 Å². The van der Waals surface area contributed by atoms with Crippen LogP contribution in [0.1, 0.15) is 5.56 Å². The minimum Gasteiger partial charge on any atom is -0.374 e. The van der Waals surface area contributed by atoms with Gasteiger partial charge in [-0.15, -0.1) is 0 Å². The first-order valence-electron chi connectivity index (χ1n) is 7.28. The first-order valence-corrected chi connectivity index (χ1v) is 7.28. The molecule has 0 aromatic heterocycles. The third-order valence-electron chi connectivity index (χ3n) is 3.61. The summed E-state index contributed by atoms with van der Waals surface area (Å²) in [6.45, 7) is 0.352. The number of hydrogen-bond donors (Lipinski definition) is 2. The van der Waals surface area contributed by atoms with E-state index in [9.17, 15) is 14.0 Å². The van der Waals surface area contributed by atoms with Crippen molar-refractivity contribution < 1.29 is 14.0 Å². The predicted octanol–water partition coefficient (Wildman–Crippen LogP) is 1.90. The SMILES string of the molecule is O=C(CN1C(=O)CNc2cc(F)ccc21)NCc1ccccc1. The molecule has 1 aliphatic heterocycles. The molecule has 6 heteroatoms. The van der Waals surface area contributed by atoms with Gasteiger partial charge in [-0.05, 0) is 23.8 Å². The van der Waals surface area contributed by atoms with Gasteiger partial charge in [0.2, 0.25) is 11.8 Å². The Labute approximate surface area is 133 Å². The van der Waals surface area contributed by atoms with E-state index in [4.69, 9.17) is 0 Å². The van der Waals surface area contributed by atoms with Crippen LogP contribution >= 0.6 is 0 Å². The first kappa shape index (κ1) is 15.0. The zero-order chi connectivity index (χ0) is 16.2. The van der Waals surface area contributed by atoms with Crippen molar-refractivity contribution in [2.45, 2.75) is 6.54 Å². The number of carbonyl (C=O) groups is 2. The van der Waals surface area contributed by atoms with Crippen LogP contribution in [0.2, 0.25) is 0 Å². The molecule has 0 saturated carbocycles. The Kier molecular flexibility index (Phi) is 4.23. The van der Waals surface area contributed by atoms with Crippen molar-refractivity contribution in [1.82, 2.24) is 5.32 Å². The number of nitrogens with one attached hydrogen (secondary N) is 2. The number of nitrogens with zero attached hydrogens (tertiary/aromatic N) is 1. The van der Waals surface area contributed by atoms with Gasteiger partial charge >= 0.3 is 0 Å². The lowest BCUT2D eigenvalue weighted by Crippen LogP contribution is -2.45. The highest BCUT2D eigenvalue weighted by Gasteiger charge is 2.25. The molecule has 0 atom stereocenters. The maximum Gasteiger partial charge on any atom is 0.246 e. The molecule has 0 unspecified atom stereocenters. The van der Waals surface area contributed by atoms with Gasteiger partial charge in [0.15, 0.2) is 0 Å². The fourth-order valence-electron chi connectivity index (χ4n) is 2.46. The maximum atomic E-state index is 13.3. The van der Waals surface area contributed by atoms with E-state index in [1.165, 1.54) is 23.1 Å². The number of carbonyl (C=O) groups excluding carboxylic acids is 2. The van der Waals surface area contributed by atoms with Gasteiger partial charge in [0.25, 0.3) is 0 Å². The molecule has 2 aromatic carbocycles. The van der Waals surface area contributed by atoms with Crippen LogP contribution in [0.15, 0.2) is 48.5 Å². The fraction of sp³-hybridized carbons (Fsp3) is 0.176. The van der Waals surface area contributed by atoms with Crippen molar-refractivity contribution >= 4 is 23.2 Å². The quantitative estimate of drug-likeness (QED) is 0.906. The van der Waals surface area contributed by atoms with Gasteiger partial charge in [-0.25, -0.2) is 4.39 Å². The molecule has 1 heterocycles. The number of anilines is 2. The molecule has 0 radical (unpaired) electrons. The van der Waals surface area contributed by atoms with Gasteiger partial charge in [-0.3, -0.25) is 14.5 Å². The molecule has 2 amide bonds. The van der Waals surface area contributed by atoms with Crippen LogP contribution in [-0.4, -0.2) is 24.9 Å². The Morgan fingerprint density at radius 1 is 1.22 bits per heavy atom. The van der Waals surface area contributed by atoms with Crippen molar-refractivity contribution in [3.8, 4) is 0 Å². The summed E-state index contributed by atoms with van der Waals surface area (Å²) in [5, 5.41) is 5.63. The highest BCUT2D eigenvalue weighted by Crippen LogP contribution is 2.29. The van der Waals surface area contributed by atoms with Crippen LogP contribution < -0.4 is 15.5 Å². The summed E-state index contributed by atoms with van der Waals surface area (Å²) in [7, 11) is 0. The Morgan fingerprint density at radius 3 is 2.78 bits per heavy atom. The summed E-state index contributed by atoms with van der Waals surface area (Å²) >= 11 is 0. The minimum atomic E-state index is -0.390.